The van der Waals surface area contributed by atoms with E-state index in [0.29, 0.717) is 26.1 Å². The predicted octanol–water partition coefficient (Wildman–Crippen LogP) is 4.38. The Morgan fingerprint density at radius 3 is 2.44 bits per heavy atom. The van der Waals surface area contributed by atoms with E-state index in [2.05, 4.69) is 20.4 Å². The molecule has 1 N–H and O–H groups in total. The van der Waals surface area contributed by atoms with Crippen molar-refractivity contribution in [2.45, 2.75) is 16.8 Å². The van der Waals surface area contributed by atoms with Crippen LogP contribution in [0.5, 0.6) is 0 Å². The van der Waals surface area contributed by atoms with Crippen LogP contribution in [-0.2, 0) is 13.7 Å². The number of aliphatic hydroxyl groups excluding tert-OH is 1. The maximum absolute atomic E-state index is 9.29. The number of benzene rings is 2. The SMILES string of the molecule is Cn1c(CO)nnc1Sc1nnc(-c2ccc(Cl)c(Cl)c2)c2ccccc12. The van der Waals surface area contributed by atoms with Gasteiger partial charge in [-0.05, 0) is 23.9 Å². The molecule has 0 fully saturated rings. The zero-order valence-corrected chi connectivity index (χ0v) is 16.4. The fourth-order valence-electron chi connectivity index (χ4n) is 2.67. The largest absolute Gasteiger partial charge is 0.388 e. The van der Waals surface area contributed by atoms with E-state index >= 15 is 0 Å². The molecule has 0 unspecified atom stereocenters. The van der Waals surface area contributed by atoms with E-state index in [1.807, 2.05) is 30.3 Å². The summed E-state index contributed by atoms with van der Waals surface area (Å²) in [6.45, 7) is -0.174. The first-order valence-corrected chi connectivity index (χ1v) is 9.53. The second-order valence-corrected chi connectivity index (χ2v) is 7.52. The minimum Gasteiger partial charge on any atom is -0.388 e. The van der Waals surface area contributed by atoms with Gasteiger partial charge in [-0.1, -0.05) is 53.5 Å². The van der Waals surface area contributed by atoms with Crippen LogP contribution in [-0.4, -0.2) is 30.1 Å². The molecule has 0 spiro atoms. The average Bonchev–Trinajstić information content (AvgIpc) is 3.04. The first-order chi connectivity index (χ1) is 13.1. The smallest absolute Gasteiger partial charge is 0.197 e. The summed E-state index contributed by atoms with van der Waals surface area (Å²) in [6, 6.07) is 13.3. The summed E-state index contributed by atoms with van der Waals surface area (Å²) >= 11 is 13.5. The van der Waals surface area contributed by atoms with Crippen LogP contribution in [0, 0.1) is 0 Å². The van der Waals surface area contributed by atoms with Crippen molar-refractivity contribution in [1.29, 1.82) is 0 Å². The Balaban J connectivity index is 1.82. The summed E-state index contributed by atoms with van der Waals surface area (Å²) in [5, 5.41) is 30.3. The molecule has 136 valence electrons. The quantitative estimate of drug-likeness (QED) is 0.530. The Morgan fingerprint density at radius 1 is 0.963 bits per heavy atom. The van der Waals surface area contributed by atoms with Crippen LogP contribution < -0.4 is 0 Å². The van der Waals surface area contributed by atoms with E-state index in [1.165, 1.54) is 11.8 Å². The monoisotopic (exact) mass is 417 g/mol. The molecule has 0 saturated heterocycles. The predicted molar refractivity (Wildman–Crippen MR) is 106 cm³/mol. The molecule has 0 radical (unpaired) electrons. The summed E-state index contributed by atoms with van der Waals surface area (Å²) in [5.74, 6) is 0.488. The van der Waals surface area contributed by atoms with Crippen molar-refractivity contribution in [3.8, 4) is 11.3 Å². The van der Waals surface area contributed by atoms with Gasteiger partial charge in [-0.25, -0.2) is 0 Å². The second-order valence-electron chi connectivity index (χ2n) is 5.75. The maximum Gasteiger partial charge on any atom is 0.197 e. The van der Waals surface area contributed by atoms with Crippen molar-refractivity contribution in [3.05, 3.63) is 58.3 Å². The van der Waals surface area contributed by atoms with Gasteiger partial charge in [0.2, 0.25) is 0 Å². The molecule has 2 aromatic carbocycles. The number of hydrogen-bond acceptors (Lipinski definition) is 6. The Kier molecular flexibility index (Phi) is 5.01. The van der Waals surface area contributed by atoms with Crippen molar-refractivity contribution >= 4 is 45.7 Å². The van der Waals surface area contributed by atoms with Crippen LogP contribution >= 0.6 is 35.0 Å². The standard InChI is InChI=1S/C18H13Cl2N5OS/c1-25-15(9-26)21-24-18(25)27-17-12-5-3-2-4-11(12)16(22-23-17)10-6-7-13(19)14(20)8-10/h2-8,26H,9H2,1H3. The van der Waals surface area contributed by atoms with E-state index in [1.54, 1.807) is 23.7 Å². The first-order valence-electron chi connectivity index (χ1n) is 7.96. The molecule has 27 heavy (non-hydrogen) atoms. The van der Waals surface area contributed by atoms with Crippen LogP contribution in [0.4, 0.5) is 0 Å². The summed E-state index contributed by atoms with van der Waals surface area (Å²) in [6.07, 6.45) is 0. The number of halogens is 2. The fourth-order valence-corrected chi connectivity index (χ4v) is 3.83. The zero-order valence-electron chi connectivity index (χ0n) is 14.1. The van der Waals surface area contributed by atoms with Gasteiger partial charge in [0.1, 0.15) is 17.3 Å². The molecular weight excluding hydrogens is 405 g/mol. The number of aromatic nitrogens is 5. The van der Waals surface area contributed by atoms with E-state index in [9.17, 15) is 5.11 Å². The Bertz CT molecular complexity index is 1150. The normalized spacial score (nSPS) is 11.3. The lowest BCUT2D eigenvalue weighted by atomic mass is 10.1. The maximum atomic E-state index is 9.29. The molecular formula is C18H13Cl2N5OS. The van der Waals surface area contributed by atoms with Gasteiger partial charge in [0.05, 0.1) is 10.0 Å². The lowest BCUT2D eigenvalue weighted by Crippen LogP contribution is -1.99. The van der Waals surface area contributed by atoms with Gasteiger partial charge in [-0.2, -0.15) is 0 Å². The van der Waals surface area contributed by atoms with Crippen molar-refractivity contribution in [1.82, 2.24) is 25.0 Å². The Hall–Kier alpha value is -2.19. The molecule has 9 heteroatoms. The van der Waals surface area contributed by atoms with Gasteiger partial charge in [0, 0.05) is 23.4 Å². The van der Waals surface area contributed by atoms with Gasteiger partial charge in [-0.15, -0.1) is 20.4 Å². The Labute approximate surface area is 169 Å². The zero-order chi connectivity index (χ0) is 19.0. The highest BCUT2D eigenvalue weighted by Gasteiger charge is 2.16. The molecule has 0 bridgehead atoms. The molecule has 0 aliphatic heterocycles. The molecule has 0 amide bonds. The summed E-state index contributed by atoms with van der Waals surface area (Å²) in [4.78, 5) is 0. The number of fused-ring (bicyclic) bond motifs is 1. The summed E-state index contributed by atoms with van der Waals surface area (Å²) in [5.41, 5.74) is 1.56. The topological polar surface area (TPSA) is 76.7 Å². The fraction of sp³-hybridized carbons (Fsp3) is 0.111. The summed E-state index contributed by atoms with van der Waals surface area (Å²) < 4.78 is 1.73. The molecule has 4 aromatic rings. The molecule has 0 atom stereocenters. The lowest BCUT2D eigenvalue weighted by molar-refractivity contribution is 0.266. The van der Waals surface area contributed by atoms with Crippen LogP contribution in [0.2, 0.25) is 10.0 Å². The molecule has 0 aliphatic carbocycles. The van der Waals surface area contributed by atoms with E-state index in [0.717, 1.165) is 22.0 Å². The highest BCUT2D eigenvalue weighted by Crippen LogP contribution is 2.36. The van der Waals surface area contributed by atoms with Crippen molar-refractivity contribution in [2.75, 3.05) is 0 Å². The molecule has 4 rings (SSSR count). The molecule has 2 heterocycles. The first kappa shape index (κ1) is 18.2. The van der Waals surface area contributed by atoms with Gasteiger partial charge in [0.15, 0.2) is 11.0 Å². The van der Waals surface area contributed by atoms with Gasteiger partial charge >= 0.3 is 0 Å². The number of hydrogen-bond donors (Lipinski definition) is 1. The highest BCUT2D eigenvalue weighted by atomic mass is 35.5. The van der Waals surface area contributed by atoms with Crippen molar-refractivity contribution < 1.29 is 5.11 Å². The number of rotatable bonds is 4. The van der Waals surface area contributed by atoms with Crippen LogP contribution in [0.3, 0.4) is 0 Å². The minimum absolute atomic E-state index is 0.174. The Morgan fingerprint density at radius 2 is 1.74 bits per heavy atom. The van der Waals surface area contributed by atoms with Crippen molar-refractivity contribution in [3.63, 3.8) is 0 Å². The molecule has 0 aliphatic rings. The third-order valence-electron chi connectivity index (χ3n) is 4.10. The van der Waals surface area contributed by atoms with Crippen molar-refractivity contribution in [2.24, 2.45) is 7.05 Å². The lowest BCUT2D eigenvalue weighted by Gasteiger charge is -2.09. The third kappa shape index (κ3) is 3.39. The van der Waals surface area contributed by atoms with E-state index in [-0.39, 0.29) is 6.61 Å². The molecule has 6 nitrogen and oxygen atoms in total. The van der Waals surface area contributed by atoms with Gasteiger partial charge in [0.25, 0.3) is 0 Å². The minimum atomic E-state index is -0.174. The number of aliphatic hydroxyl groups is 1. The highest BCUT2D eigenvalue weighted by molar-refractivity contribution is 7.99. The summed E-state index contributed by atoms with van der Waals surface area (Å²) in [7, 11) is 1.80. The van der Waals surface area contributed by atoms with Gasteiger partial charge < -0.3 is 9.67 Å². The third-order valence-corrected chi connectivity index (χ3v) is 5.87. The van der Waals surface area contributed by atoms with Crippen LogP contribution in [0.25, 0.3) is 22.0 Å². The van der Waals surface area contributed by atoms with Crippen LogP contribution in [0.15, 0.2) is 52.6 Å². The molecule has 2 aromatic heterocycles. The van der Waals surface area contributed by atoms with Gasteiger partial charge in [-0.3, -0.25) is 0 Å². The average molecular weight is 418 g/mol. The van der Waals surface area contributed by atoms with Crippen LogP contribution in [0.1, 0.15) is 5.82 Å². The van der Waals surface area contributed by atoms with E-state index < -0.39 is 0 Å². The second kappa shape index (κ2) is 7.44. The van der Waals surface area contributed by atoms with E-state index in [4.69, 9.17) is 23.2 Å². The number of nitrogens with zero attached hydrogens (tertiary/aromatic N) is 5. The molecule has 0 saturated carbocycles.